The van der Waals surface area contributed by atoms with E-state index in [1.807, 2.05) is 25.7 Å². The summed E-state index contributed by atoms with van der Waals surface area (Å²) in [6.45, 7) is 8.15. The maximum Gasteiger partial charge on any atom is 0.433 e. The van der Waals surface area contributed by atoms with E-state index in [1.165, 1.54) is 6.20 Å². The van der Waals surface area contributed by atoms with Gasteiger partial charge in [0.05, 0.1) is 16.9 Å². The van der Waals surface area contributed by atoms with E-state index >= 15 is 0 Å². The Labute approximate surface area is 167 Å². The van der Waals surface area contributed by atoms with Gasteiger partial charge in [-0.05, 0) is 51.5 Å². The summed E-state index contributed by atoms with van der Waals surface area (Å²) in [4.78, 5) is 19.5. The van der Waals surface area contributed by atoms with Crippen molar-refractivity contribution in [2.45, 2.75) is 51.8 Å². The zero-order valence-electron chi connectivity index (χ0n) is 16.3. The number of halogens is 4. The molecule has 0 aromatic carbocycles. The van der Waals surface area contributed by atoms with Crippen LogP contribution in [0.25, 0.3) is 0 Å². The van der Waals surface area contributed by atoms with Crippen molar-refractivity contribution in [1.82, 2.24) is 9.88 Å². The van der Waals surface area contributed by atoms with Gasteiger partial charge in [-0.1, -0.05) is 11.6 Å². The molecule has 28 heavy (non-hydrogen) atoms. The number of nitrogens with zero attached hydrogens (tertiary/aromatic N) is 3. The molecule has 0 unspecified atom stereocenters. The van der Waals surface area contributed by atoms with Crippen LogP contribution in [-0.4, -0.2) is 47.8 Å². The van der Waals surface area contributed by atoms with E-state index in [9.17, 15) is 18.0 Å². The minimum absolute atomic E-state index is 0.0323. The minimum atomic E-state index is -4.51. The van der Waals surface area contributed by atoms with Crippen LogP contribution in [0.3, 0.4) is 0 Å². The number of carbonyl (C=O) groups excluding carboxylic acids is 1. The van der Waals surface area contributed by atoms with Gasteiger partial charge in [-0.15, -0.1) is 0 Å². The average molecular weight is 420 g/mol. The Morgan fingerprint density at radius 2 is 1.79 bits per heavy atom. The number of carbonyl (C=O) groups is 1. The lowest BCUT2D eigenvalue weighted by Gasteiger charge is -2.39. The maximum atomic E-state index is 12.8. The van der Waals surface area contributed by atoms with Crippen LogP contribution in [0.4, 0.5) is 23.7 Å². The van der Waals surface area contributed by atoms with Crippen molar-refractivity contribution in [3.63, 3.8) is 0 Å². The number of likely N-dealkylation sites (tertiary alicyclic amines) is 1. The number of piperidine rings is 1. The van der Waals surface area contributed by atoms with Gasteiger partial charge in [0.1, 0.15) is 11.3 Å². The number of ether oxygens (including phenoxy) is 1. The topological polar surface area (TPSA) is 45.7 Å². The molecule has 0 radical (unpaired) electrons. The van der Waals surface area contributed by atoms with Gasteiger partial charge in [-0.3, -0.25) is 0 Å². The highest BCUT2D eigenvalue weighted by molar-refractivity contribution is 6.33. The number of hydrogen-bond acceptors (Lipinski definition) is 4. The molecule has 0 N–H and O–H groups in total. The van der Waals surface area contributed by atoms with Crippen LogP contribution >= 0.6 is 11.6 Å². The molecule has 2 saturated heterocycles. The first-order valence-corrected chi connectivity index (χ1v) is 9.72. The molecule has 0 saturated carbocycles. The standard InChI is InChI=1S/C19H25ClF3N3O2/c1-17(2,3)28-16(27)25-7-4-18(5-8-25)6-9-26(12-18)14-11-24-15(10-13(14)20)19(21,22)23/h10-11H,4-9,12H2,1-3H3. The molecule has 1 aromatic rings. The van der Waals surface area contributed by atoms with E-state index in [0.717, 1.165) is 25.3 Å². The van der Waals surface area contributed by atoms with Crippen LogP contribution in [-0.2, 0) is 10.9 Å². The summed E-state index contributed by atoms with van der Waals surface area (Å²) in [5, 5.41) is 0.0607. The van der Waals surface area contributed by atoms with Crippen molar-refractivity contribution in [3.05, 3.63) is 23.0 Å². The molecule has 3 heterocycles. The quantitative estimate of drug-likeness (QED) is 0.644. The first kappa shape index (κ1) is 21.0. The van der Waals surface area contributed by atoms with E-state index in [-0.39, 0.29) is 16.5 Å². The number of pyridine rings is 1. The van der Waals surface area contributed by atoms with Crippen LogP contribution in [0.5, 0.6) is 0 Å². The summed E-state index contributed by atoms with van der Waals surface area (Å²) in [5.74, 6) is 0. The zero-order valence-corrected chi connectivity index (χ0v) is 17.0. The molecule has 2 aliphatic rings. The number of alkyl halides is 3. The molecule has 1 amide bonds. The maximum absolute atomic E-state index is 12.8. The van der Waals surface area contributed by atoms with Crippen molar-refractivity contribution in [2.24, 2.45) is 5.41 Å². The molecule has 2 aliphatic heterocycles. The minimum Gasteiger partial charge on any atom is -0.444 e. The Kier molecular flexibility index (Phi) is 5.47. The smallest absolute Gasteiger partial charge is 0.433 e. The molecule has 1 spiro atoms. The number of hydrogen-bond donors (Lipinski definition) is 0. The summed E-state index contributed by atoms with van der Waals surface area (Å²) >= 11 is 6.12. The summed E-state index contributed by atoms with van der Waals surface area (Å²) in [7, 11) is 0. The van der Waals surface area contributed by atoms with Gasteiger partial charge in [0.2, 0.25) is 0 Å². The van der Waals surface area contributed by atoms with Crippen LogP contribution in [0, 0.1) is 5.41 Å². The van der Waals surface area contributed by atoms with E-state index < -0.39 is 17.5 Å². The van der Waals surface area contributed by atoms with Crippen molar-refractivity contribution in [2.75, 3.05) is 31.1 Å². The molecule has 2 fully saturated rings. The SMILES string of the molecule is CC(C)(C)OC(=O)N1CCC2(CC1)CCN(c1cnc(C(F)(F)F)cc1Cl)C2. The largest absolute Gasteiger partial charge is 0.444 e. The fourth-order valence-corrected chi connectivity index (χ4v) is 4.12. The van der Waals surface area contributed by atoms with E-state index in [4.69, 9.17) is 16.3 Å². The second-order valence-electron chi connectivity index (χ2n) is 8.66. The Morgan fingerprint density at radius 3 is 2.32 bits per heavy atom. The number of aromatic nitrogens is 1. The lowest BCUT2D eigenvalue weighted by molar-refractivity contribution is -0.141. The fourth-order valence-electron chi connectivity index (χ4n) is 3.85. The highest BCUT2D eigenvalue weighted by Gasteiger charge is 2.43. The molecular weight excluding hydrogens is 395 g/mol. The molecule has 5 nitrogen and oxygen atoms in total. The monoisotopic (exact) mass is 419 g/mol. The van der Waals surface area contributed by atoms with Gasteiger partial charge in [0, 0.05) is 26.2 Å². The average Bonchev–Trinajstić information content (AvgIpc) is 2.96. The summed E-state index contributed by atoms with van der Waals surface area (Å²) in [6, 6.07) is 0.882. The molecule has 0 aliphatic carbocycles. The molecule has 156 valence electrons. The predicted octanol–water partition coefficient (Wildman–Crippen LogP) is 4.98. The van der Waals surface area contributed by atoms with Crippen molar-refractivity contribution < 1.29 is 22.7 Å². The lowest BCUT2D eigenvalue weighted by atomic mass is 9.78. The zero-order chi connectivity index (χ0) is 20.7. The third-order valence-electron chi connectivity index (χ3n) is 5.38. The van der Waals surface area contributed by atoms with Gasteiger partial charge in [-0.25, -0.2) is 9.78 Å². The van der Waals surface area contributed by atoms with Crippen molar-refractivity contribution >= 4 is 23.4 Å². The van der Waals surface area contributed by atoms with E-state index in [1.54, 1.807) is 4.90 Å². The van der Waals surface area contributed by atoms with E-state index in [0.29, 0.717) is 31.9 Å². The van der Waals surface area contributed by atoms with Gasteiger partial charge in [-0.2, -0.15) is 13.2 Å². The summed E-state index contributed by atoms with van der Waals surface area (Å²) < 4.78 is 43.8. The van der Waals surface area contributed by atoms with Gasteiger partial charge in [0.15, 0.2) is 0 Å². The molecule has 9 heteroatoms. The molecular formula is C19H25ClF3N3O2. The third-order valence-corrected chi connectivity index (χ3v) is 5.68. The fraction of sp³-hybridized carbons (Fsp3) is 0.684. The van der Waals surface area contributed by atoms with Crippen LogP contribution in [0.1, 0.15) is 45.7 Å². The number of anilines is 1. The Hall–Kier alpha value is -1.70. The lowest BCUT2D eigenvalue weighted by Crippen LogP contribution is -2.46. The first-order valence-electron chi connectivity index (χ1n) is 9.34. The highest BCUT2D eigenvalue weighted by Crippen LogP contribution is 2.44. The molecule has 0 bridgehead atoms. The third kappa shape index (κ3) is 4.64. The predicted molar refractivity (Wildman–Crippen MR) is 101 cm³/mol. The Morgan fingerprint density at radius 1 is 1.18 bits per heavy atom. The molecule has 3 rings (SSSR count). The first-order chi connectivity index (χ1) is 12.9. The number of amides is 1. The summed E-state index contributed by atoms with van der Waals surface area (Å²) in [6.07, 6.45) is -1.04. The Balaban J connectivity index is 1.63. The number of rotatable bonds is 1. The second-order valence-corrected chi connectivity index (χ2v) is 9.06. The normalized spacial score (nSPS) is 20.0. The molecule has 0 atom stereocenters. The highest BCUT2D eigenvalue weighted by atomic mass is 35.5. The molecule has 1 aromatic heterocycles. The van der Waals surface area contributed by atoms with Gasteiger partial charge < -0.3 is 14.5 Å². The Bertz CT molecular complexity index is 741. The van der Waals surface area contributed by atoms with Crippen LogP contribution < -0.4 is 4.90 Å². The summed E-state index contributed by atoms with van der Waals surface area (Å²) in [5.41, 5.74) is -0.949. The second kappa shape index (κ2) is 7.28. The van der Waals surface area contributed by atoms with Gasteiger partial charge in [0.25, 0.3) is 0 Å². The van der Waals surface area contributed by atoms with Gasteiger partial charge >= 0.3 is 12.3 Å². The van der Waals surface area contributed by atoms with Crippen LogP contribution in [0.15, 0.2) is 12.3 Å². The van der Waals surface area contributed by atoms with Crippen molar-refractivity contribution in [1.29, 1.82) is 0 Å². The van der Waals surface area contributed by atoms with Crippen LogP contribution in [0.2, 0.25) is 5.02 Å². The van der Waals surface area contributed by atoms with E-state index in [2.05, 4.69) is 4.98 Å². The van der Waals surface area contributed by atoms with Crippen molar-refractivity contribution in [3.8, 4) is 0 Å².